The van der Waals surface area contributed by atoms with Crippen molar-refractivity contribution in [2.45, 2.75) is 5.03 Å². The van der Waals surface area contributed by atoms with E-state index in [1.54, 1.807) is 0 Å². The van der Waals surface area contributed by atoms with Crippen LogP contribution < -0.4 is 17.0 Å². The molecule has 12 heavy (non-hydrogen) atoms. The van der Waals surface area contributed by atoms with Crippen LogP contribution in [0.15, 0.2) is 14.6 Å². The summed E-state index contributed by atoms with van der Waals surface area (Å²) in [6.45, 7) is 0. The summed E-state index contributed by atoms with van der Waals surface area (Å²) in [5.41, 5.74) is 3.65. The van der Waals surface area contributed by atoms with E-state index in [9.17, 15) is 9.59 Å². The van der Waals surface area contributed by atoms with Gasteiger partial charge >= 0.3 is 5.69 Å². The van der Waals surface area contributed by atoms with E-state index >= 15 is 0 Å². The molecule has 0 saturated carbocycles. The maximum Gasteiger partial charge on any atom is 0.342 e. The van der Waals surface area contributed by atoms with Gasteiger partial charge in [0, 0.05) is 0 Å². The van der Waals surface area contributed by atoms with Crippen molar-refractivity contribution in [2.75, 3.05) is 0 Å². The Labute approximate surface area is 69.9 Å². The molecule has 0 aliphatic carbocycles. The molecule has 0 bridgehead atoms. The van der Waals surface area contributed by atoms with E-state index in [1.807, 2.05) is 10.1 Å². The van der Waals surface area contributed by atoms with Crippen molar-refractivity contribution >= 4 is 16.9 Å². The summed E-state index contributed by atoms with van der Waals surface area (Å²) in [5.74, 6) is 0. The largest absolute Gasteiger partial charge is 0.378 e. The molecule has 0 saturated heterocycles. The SMILES string of the molecule is N=C(N)Sc1n[nH]c(=O)[nH]c1=O. The molecular weight excluding hydrogens is 182 g/mol. The maximum atomic E-state index is 10.9. The van der Waals surface area contributed by atoms with Crippen LogP contribution in [0.4, 0.5) is 0 Å². The number of nitrogens with one attached hydrogen (secondary N) is 3. The van der Waals surface area contributed by atoms with Gasteiger partial charge in [-0.3, -0.25) is 15.2 Å². The molecule has 0 unspecified atom stereocenters. The first-order chi connectivity index (χ1) is 5.59. The molecule has 0 spiro atoms. The van der Waals surface area contributed by atoms with Crippen LogP contribution in [0.1, 0.15) is 0 Å². The zero-order chi connectivity index (χ0) is 9.14. The van der Waals surface area contributed by atoms with E-state index in [0.29, 0.717) is 11.8 Å². The zero-order valence-electron chi connectivity index (χ0n) is 5.75. The van der Waals surface area contributed by atoms with E-state index in [0.717, 1.165) is 0 Å². The van der Waals surface area contributed by atoms with Crippen LogP contribution in [0, 0.1) is 5.41 Å². The van der Waals surface area contributed by atoms with Crippen molar-refractivity contribution in [1.29, 1.82) is 5.41 Å². The van der Waals surface area contributed by atoms with Gasteiger partial charge in [0.05, 0.1) is 0 Å². The summed E-state index contributed by atoms with van der Waals surface area (Å²) >= 11 is 0.670. The van der Waals surface area contributed by atoms with Crippen molar-refractivity contribution in [3.8, 4) is 0 Å². The first-order valence-electron chi connectivity index (χ1n) is 2.80. The van der Waals surface area contributed by atoms with Gasteiger partial charge in [-0.15, -0.1) is 0 Å². The van der Waals surface area contributed by atoms with Gasteiger partial charge in [0.25, 0.3) is 5.56 Å². The minimum absolute atomic E-state index is 0.0536. The Morgan fingerprint density at radius 3 is 2.75 bits per heavy atom. The third-order valence-corrected chi connectivity index (χ3v) is 1.58. The quantitative estimate of drug-likeness (QED) is 0.240. The second-order valence-corrected chi connectivity index (χ2v) is 2.81. The summed E-state index contributed by atoms with van der Waals surface area (Å²) < 4.78 is 0. The number of amidine groups is 1. The smallest absolute Gasteiger partial charge is 0.342 e. The van der Waals surface area contributed by atoms with Crippen LogP contribution in [0.25, 0.3) is 0 Å². The van der Waals surface area contributed by atoms with E-state index in [1.165, 1.54) is 0 Å². The number of thioether (sulfide) groups is 1. The van der Waals surface area contributed by atoms with Gasteiger partial charge in [-0.25, -0.2) is 9.89 Å². The van der Waals surface area contributed by atoms with Crippen LogP contribution >= 0.6 is 11.8 Å². The number of hydrogen-bond acceptors (Lipinski definition) is 5. The summed E-state index contributed by atoms with van der Waals surface area (Å²) in [6, 6.07) is 0. The van der Waals surface area contributed by atoms with E-state index < -0.39 is 11.2 Å². The minimum atomic E-state index is -0.687. The molecule has 0 radical (unpaired) electrons. The molecular formula is C4H5N5O2S. The van der Waals surface area contributed by atoms with Gasteiger partial charge in [0.15, 0.2) is 10.2 Å². The molecule has 5 N–H and O–H groups in total. The zero-order valence-corrected chi connectivity index (χ0v) is 6.57. The number of nitrogens with two attached hydrogens (primary N) is 1. The fraction of sp³-hybridized carbons (Fsp3) is 0. The second kappa shape index (κ2) is 3.22. The Kier molecular flexibility index (Phi) is 2.29. The molecule has 64 valence electrons. The fourth-order valence-corrected chi connectivity index (χ4v) is 0.953. The lowest BCUT2D eigenvalue weighted by Gasteiger charge is -1.93. The minimum Gasteiger partial charge on any atom is -0.378 e. The molecule has 1 aromatic heterocycles. The second-order valence-electron chi connectivity index (χ2n) is 1.78. The number of hydrogen-bond donors (Lipinski definition) is 4. The van der Waals surface area contributed by atoms with Crippen molar-refractivity contribution in [2.24, 2.45) is 5.73 Å². The highest BCUT2D eigenvalue weighted by molar-refractivity contribution is 8.13. The number of aromatic amines is 2. The molecule has 0 fully saturated rings. The Morgan fingerprint density at radius 1 is 1.58 bits per heavy atom. The summed E-state index contributed by atoms with van der Waals surface area (Å²) in [4.78, 5) is 23.3. The number of H-pyrrole nitrogens is 2. The Morgan fingerprint density at radius 2 is 2.25 bits per heavy atom. The lowest BCUT2D eigenvalue weighted by molar-refractivity contribution is 0.809. The molecule has 1 rings (SSSR count). The Bertz CT molecular complexity index is 406. The topological polar surface area (TPSA) is 128 Å². The lowest BCUT2D eigenvalue weighted by Crippen LogP contribution is -2.25. The Hall–Kier alpha value is -1.57. The van der Waals surface area contributed by atoms with Gasteiger partial charge in [-0.05, 0) is 11.8 Å². The van der Waals surface area contributed by atoms with E-state index in [2.05, 4.69) is 5.10 Å². The van der Waals surface area contributed by atoms with Gasteiger partial charge in [0.1, 0.15) is 0 Å². The molecule has 1 aromatic rings. The molecule has 0 aliphatic heterocycles. The van der Waals surface area contributed by atoms with Crippen LogP contribution in [0.2, 0.25) is 0 Å². The van der Waals surface area contributed by atoms with Crippen LogP contribution in [0.3, 0.4) is 0 Å². The van der Waals surface area contributed by atoms with Crippen molar-refractivity contribution in [1.82, 2.24) is 15.2 Å². The van der Waals surface area contributed by atoms with Gasteiger partial charge in [0.2, 0.25) is 0 Å². The molecule has 0 atom stereocenters. The Balaban J connectivity index is 3.10. The van der Waals surface area contributed by atoms with Gasteiger partial charge in [-0.1, -0.05) is 0 Å². The van der Waals surface area contributed by atoms with E-state index in [4.69, 9.17) is 11.1 Å². The predicted octanol–water partition coefficient (Wildman–Crippen LogP) is -1.56. The monoisotopic (exact) mass is 187 g/mol. The van der Waals surface area contributed by atoms with Gasteiger partial charge < -0.3 is 5.73 Å². The average Bonchev–Trinajstić information content (AvgIpc) is 1.94. The molecule has 1 heterocycles. The third kappa shape index (κ3) is 1.95. The standard InChI is InChI=1S/C4H5N5O2S/c5-3(6)12-2-1(10)7-4(11)9-8-2/h(H3,5,6)(H2,7,9,10,11). The molecule has 0 amide bonds. The summed E-state index contributed by atoms with van der Waals surface area (Å²) in [7, 11) is 0. The molecule has 0 aliphatic rings. The molecule has 8 heteroatoms. The third-order valence-electron chi connectivity index (χ3n) is 0.887. The first kappa shape index (κ1) is 8.53. The van der Waals surface area contributed by atoms with Crippen LogP contribution in [0.5, 0.6) is 0 Å². The summed E-state index contributed by atoms with van der Waals surface area (Å²) in [5, 5.41) is 11.9. The summed E-state index contributed by atoms with van der Waals surface area (Å²) in [6.07, 6.45) is 0. The highest BCUT2D eigenvalue weighted by Gasteiger charge is 2.03. The van der Waals surface area contributed by atoms with Crippen LogP contribution in [-0.2, 0) is 0 Å². The first-order valence-corrected chi connectivity index (χ1v) is 3.62. The van der Waals surface area contributed by atoms with Gasteiger partial charge in [-0.2, -0.15) is 5.10 Å². The number of aromatic nitrogens is 3. The fourth-order valence-electron chi connectivity index (χ4n) is 0.510. The average molecular weight is 187 g/mol. The number of rotatable bonds is 1. The molecule has 7 nitrogen and oxygen atoms in total. The van der Waals surface area contributed by atoms with Crippen molar-refractivity contribution < 1.29 is 0 Å². The lowest BCUT2D eigenvalue weighted by atomic mass is 10.8. The molecule has 0 aromatic carbocycles. The normalized spacial score (nSPS) is 9.67. The maximum absolute atomic E-state index is 10.9. The van der Waals surface area contributed by atoms with Crippen molar-refractivity contribution in [3.05, 3.63) is 20.8 Å². The highest BCUT2D eigenvalue weighted by atomic mass is 32.2. The van der Waals surface area contributed by atoms with E-state index in [-0.39, 0.29) is 10.2 Å². The van der Waals surface area contributed by atoms with Crippen LogP contribution in [-0.4, -0.2) is 20.3 Å². The van der Waals surface area contributed by atoms with Crippen molar-refractivity contribution in [3.63, 3.8) is 0 Å². The number of nitrogens with zero attached hydrogens (tertiary/aromatic N) is 1. The highest BCUT2D eigenvalue weighted by Crippen LogP contribution is 2.05. The predicted molar refractivity (Wildman–Crippen MR) is 43.2 cm³/mol.